The molecule has 0 saturated heterocycles. The van der Waals surface area contributed by atoms with Gasteiger partial charge in [0.05, 0.1) is 19.7 Å². The summed E-state index contributed by atoms with van der Waals surface area (Å²) in [6.45, 7) is 1.83. The highest BCUT2D eigenvalue weighted by atomic mass is 16.5. The first kappa shape index (κ1) is 9.71. The molecule has 15 heavy (non-hydrogen) atoms. The molecular formula is C11H11N2O2. The van der Waals surface area contributed by atoms with E-state index in [9.17, 15) is 0 Å². The van der Waals surface area contributed by atoms with E-state index >= 15 is 0 Å². The Balaban J connectivity index is 2.69. The highest BCUT2D eigenvalue weighted by molar-refractivity contribution is 5.81. The number of ether oxygens (including phenoxy) is 2. The monoisotopic (exact) mass is 203 g/mol. The Bertz CT molecular complexity index is 497. The smallest absolute Gasteiger partial charge is 0.162 e. The molecule has 0 N–H and O–H groups in total. The summed E-state index contributed by atoms with van der Waals surface area (Å²) in [6.07, 6.45) is 2.90. The second kappa shape index (κ2) is 3.73. The Kier molecular flexibility index (Phi) is 2.41. The van der Waals surface area contributed by atoms with Gasteiger partial charge in [-0.2, -0.15) is 0 Å². The Labute approximate surface area is 87.9 Å². The molecule has 0 fully saturated rings. The number of hydrogen-bond acceptors (Lipinski definition) is 4. The zero-order valence-corrected chi connectivity index (χ0v) is 8.87. The molecule has 0 spiro atoms. The van der Waals surface area contributed by atoms with E-state index in [0.29, 0.717) is 17.3 Å². The largest absolute Gasteiger partial charge is 0.493 e. The third-order valence-corrected chi connectivity index (χ3v) is 2.12. The van der Waals surface area contributed by atoms with E-state index in [0.717, 1.165) is 10.9 Å². The molecule has 1 aromatic carbocycles. The van der Waals surface area contributed by atoms with Gasteiger partial charge in [-0.25, -0.2) is 9.97 Å². The van der Waals surface area contributed by atoms with Crippen molar-refractivity contribution < 1.29 is 9.47 Å². The second-order valence-corrected chi connectivity index (χ2v) is 3.11. The Morgan fingerprint density at radius 1 is 1.13 bits per heavy atom. The molecule has 2 aromatic rings. The molecule has 2 rings (SSSR count). The zero-order valence-electron chi connectivity index (χ0n) is 8.87. The van der Waals surface area contributed by atoms with Gasteiger partial charge in [-0.05, 0) is 13.0 Å². The van der Waals surface area contributed by atoms with Gasteiger partial charge in [0.1, 0.15) is 12.0 Å². The molecule has 0 aliphatic heterocycles. The number of methoxy groups -OCH3 is 2. The van der Waals surface area contributed by atoms with Crippen LogP contribution in [-0.4, -0.2) is 24.2 Å². The molecule has 0 atom stereocenters. The highest BCUT2D eigenvalue weighted by Crippen LogP contribution is 2.30. The lowest BCUT2D eigenvalue weighted by molar-refractivity contribution is 0.355. The standard InChI is InChI=1S/C11H11N2O2/c1-7-12-6-8-4-10(14-2)11(15-3)5-9(8)13-7/h4-5H,1-3H3. The summed E-state index contributed by atoms with van der Waals surface area (Å²) in [6, 6.07) is 3.63. The summed E-state index contributed by atoms with van der Waals surface area (Å²) < 4.78 is 10.4. The number of nitrogens with zero attached hydrogens (tertiary/aromatic N) is 2. The average molecular weight is 203 g/mol. The number of benzene rings is 1. The van der Waals surface area contributed by atoms with Crippen LogP contribution in [0.2, 0.25) is 0 Å². The lowest BCUT2D eigenvalue weighted by Crippen LogP contribution is -1.93. The number of aromatic nitrogens is 2. The first-order valence-corrected chi connectivity index (χ1v) is 4.52. The Hall–Kier alpha value is -1.84. The minimum absolute atomic E-state index is 0.661. The summed E-state index contributed by atoms with van der Waals surface area (Å²) in [7, 11) is 3.19. The van der Waals surface area contributed by atoms with Gasteiger partial charge in [0.25, 0.3) is 0 Å². The number of rotatable bonds is 2. The van der Waals surface area contributed by atoms with Gasteiger partial charge in [0.2, 0.25) is 0 Å². The predicted molar refractivity (Wildman–Crippen MR) is 56.2 cm³/mol. The Morgan fingerprint density at radius 3 is 2.47 bits per heavy atom. The number of hydrogen-bond donors (Lipinski definition) is 0. The second-order valence-electron chi connectivity index (χ2n) is 3.11. The molecule has 1 radical (unpaired) electrons. The van der Waals surface area contributed by atoms with Gasteiger partial charge >= 0.3 is 0 Å². The van der Waals surface area contributed by atoms with E-state index in [-0.39, 0.29) is 0 Å². The Morgan fingerprint density at radius 2 is 1.80 bits per heavy atom. The molecule has 0 aliphatic rings. The maximum absolute atomic E-state index is 5.18. The molecular weight excluding hydrogens is 192 g/mol. The van der Waals surface area contributed by atoms with Crippen LogP contribution in [0, 0.1) is 13.1 Å². The molecule has 0 bridgehead atoms. The van der Waals surface area contributed by atoms with Crippen LogP contribution in [0.4, 0.5) is 0 Å². The van der Waals surface area contributed by atoms with Gasteiger partial charge in [0.15, 0.2) is 11.5 Å². The summed E-state index contributed by atoms with van der Waals surface area (Å²) in [5.41, 5.74) is 0.806. The van der Waals surface area contributed by atoms with Crippen LogP contribution in [0.25, 0.3) is 10.9 Å². The normalized spacial score (nSPS) is 10.3. The molecule has 0 aliphatic carbocycles. The van der Waals surface area contributed by atoms with E-state index in [2.05, 4.69) is 16.2 Å². The van der Waals surface area contributed by atoms with Gasteiger partial charge in [0, 0.05) is 11.5 Å². The number of aryl methyl sites for hydroxylation is 1. The van der Waals surface area contributed by atoms with Gasteiger partial charge < -0.3 is 9.47 Å². The highest BCUT2D eigenvalue weighted by Gasteiger charge is 2.07. The first-order chi connectivity index (χ1) is 7.24. The number of fused-ring (bicyclic) bond motifs is 1. The lowest BCUT2D eigenvalue weighted by atomic mass is 10.2. The summed E-state index contributed by atoms with van der Waals surface area (Å²) in [5.74, 6) is 2.01. The maximum atomic E-state index is 5.18. The molecule has 1 aromatic heterocycles. The van der Waals surface area contributed by atoms with Crippen LogP contribution >= 0.6 is 0 Å². The fourth-order valence-corrected chi connectivity index (χ4v) is 1.39. The predicted octanol–water partition coefficient (Wildman–Crippen LogP) is 1.76. The van der Waals surface area contributed by atoms with Crippen molar-refractivity contribution in [3.63, 3.8) is 0 Å². The van der Waals surface area contributed by atoms with Crippen molar-refractivity contribution in [1.29, 1.82) is 0 Å². The van der Waals surface area contributed by atoms with Crippen LogP contribution in [-0.2, 0) is 0 Å². The third-order valence-electron chi connectivity index (χ3n) is 2.12. The fraction of sp³-hybridized carbons (Fsp3) is 0.273. The quantitative estimate of drug-likeness (QED) is 0.746. The van der Waals surface area contributed by atoms with Crippen LogP contribution in [0.15, 0.2) is 12.1 Å². The SMILES string of the molecule is COc1cc2[c]nc(C)nc2cc1OC. The molecule has 4 heteroatoms. The van der Waals surface area contributed by atoms with E-state index < -0.39 is 0 Å². The topological polar surface area (TPSA) is 44.2 Å². The van der Waals surface area contributed by atoms with Crippen LogP contribution < -0.4 is 9.47 Å². The van der Waals surface area contributed by atoms with E-state index in [1.54, 1.807) is 14.2 Å². The van der Waals surface area contributed by atoms with Gasteiger partial charge in [-0.15, -0.1) is 0 Å². The van der Waals surface area contributed by atoms with Crippen LogP contribution in [0.1, 0.15) is 5.82 Å². The van der Waals surface area contributed by atoms with Crippen LogP contribution in [0.3, 0.4) is 0 Å². The molecule has 0 saturated carbocycles. The van der Waals surface area contributed by atoms with Gasteiger partial charge in [-0.1, -0.05) is 0 Å². The van der Waals surface area contributed by atoms with E-state index in [1.165, 1.54) is 0 Å². The lowest BCUT2D eigenvalue weighted by Gasteiger charge is -2.08. The van der Waals surface area contributed by atoms with Crippen molar-refractivity contribution in [2.24, 2.45) is 0 Å². The van der Waals surface area contributed by atoms with Crippen molar-refractivity contribution in [2.45, 2.75) is 6.92 Å². The van der Waals surface area contributed by atoms with Crippen molar-refractivity contribution >= 4 is 10.9 Å². The molecule has 0 amide bonds. The summed E-state index contributed by atoms with van der Waals surface area (Å²) in [4.78, 5) is 8.29. The minimum atomic E-state index is 0.661. The summed E-state index contributed by atoms with van der Waals surface area (Å²) >= 11 is 0. The zero-order chi connectivity index (χ0) is 10.8. The van der Waals surface area contributed by atoms with Crippen LogP contribution in [0.5, 0.6) is 11.5 Å². The fourth-order valence-electron chi connectivity index (χ4n) is 1.39. The van der Waals surface area contributed by atoms with Gasteiger partial charge in [-0.3, -0.25) is 0 Å². The first-order valence-electron chi connectivity index (χ1n) is 4.52. The van der Waals surface area contributed by atoms with E-state index in [1.807, 2.05) is 19.1 Å². The van der Waals surface area contributed by atoms with Crippen molar-refractivity contribution in [3.05, 3.63) is 24.2 Å². The third kappa shape index (κ3) is 1.70. The summed E-state index contributed by atoms with van der Waals surface area (Å²) in [5, 5.41) is 0.818. The molecule has 4 nitrogen and oxygen atoms in total. The minimum Gasteiger partial charge on any atom is -0.493 e. The average Bonchev–Trinajstić information content (AvgIpc) is 2.27. The van der Waals surface area contributed by atoms with Crippen molar-refractivity contribution in [3.8, 4) is 11.5 Å². The molecule has 1 heterocycles. The van der Waals surface area contributed by atoms with Crippen molar-refractivity contribution in [1.82, 2.24) is 9.97 Å². The molecule has 77 valence electrons. The van der Waals surface area contributed by atoms with E-state index in [4.69, 9.17) is 9.47 Å². The molecule has 0 unspecified atom stereocenters. The maximum Gasteiger partial charge on any atom is 0.162 e. The van der Waals surface area contributed by atoms with Crippen molar-refractivity contribution in [2.75, 3.05) is 14.2 Å².